The Labute approximate surface area is 132 Å². The molecule has 0 saturated heterocycles. The molecule has 0 bridgehead atoms. The Morgan fingerprint density at radius 2 is 1.96 bits per heavy atom. The topological polar surface area (TPSA) is 41.1 Å². The van der Waals surface area contributed by atoms with Crippen molar-refractivity contribution in [1.82, 2.24) is 9.38 Å². The van der Waals surface area contributed by atoms with Crippen molar-refractivity contribution in [3.63, 3.8) is 0 Å². The molecule has 0 aliphatic heterocycles. The average molecular weight is 340 g/mol. The zero-order chi connectivity index (χ0) is 16.8. The van der Waals surface area contributed by atoms with E-state index in [0.29, 0.717) is 6.07 Å². The van der Waals surface area contributed by atoms with Crippen molar-refractivity contribution >= 4 is 17.1 Å². The van der Waals surface area contributed by atoms with Gasteiger partial charge >= 0.3 is 6.18 Å². The molecule has 0 aliphatic rings. The smallest absolute Gasteiger partial charge is 0.294 e. The summed E-state index contributed by atoms with van der Waals surface area (Å²) in [6.07, 6.45) is -2.56. The minimum Gasteiger partial charge on any atom is -0.294 e. The quantitative estimate of drug-likeness (QED) is 0.604. The van der Waals surface area contributed by atoms with Crippen LogP contribution < -0.4 is 0 Å². The van der Waals surface area contributed by atoms with Crippen molar-refractivity contribution in [3.8, 4) is 17.2 Å². The van der Waals surface area contributed by atoms with Crippen molar-refractivity contribution in [2.45, 2.75) is 6.18 Å². The third kappa shape index (κ3) is 2.51. The first-order valence-corrected chi connectivity index (χ1v) is 6.62. The molecule has 1 aromatic carbocycles. The fourth-order valence-corrected chi connectivity index (χ4v) is 2.53. The van der Waals surface area contributed by atoms with Gasteiger partial charge in [0.15, 0.2) is 0 Å². The molecule has 3 rings (SSSR count). The number of halogens is 5. The zero-order valence-corrected chi connectivity index (χ0v) is 12.0. The normalized spacial score (nSPS) is 11.7. The van der Waals surface area contributed by atoms with Gasteiger partial charge in [-0.1, -0.05) is 11.6 Å². The van der Waals surface area contributed by atoms with Gasteiger partial charge in [0.25, 0.3) is 0 Å². The Kier molecular flexibility index (Phi) is 3.49. The molecule has 3 nitrogen and oxygen atoms in total. The molecule has 0 fully saturated rings. The van der Waals surface area contributed by atoms with E-state index in [1.165, 1.54) is 12.1 Å². The standard InChI is InChI=1S/C15H6ClF4N3/c16-9-1-2-10(11(17)4-9)14-8(5-21)3-13(15(18,19)20)23-7-22-6-12(14)23/h1-4,6-7H. The molecule has 0 unspecified atom stereocenters. The number of rotatable bonds is 1. The lowest BCUT2D eigenvalue weighted by Crippen LogP contribution is -2.12. The number of fused-ring (bicyclic) bond motifs is 1. The predicted octanol–water partition coefficient (Wildman–Crippen LogP) is 4.68. The number of benzene rings is 1. The van der Waals surface area contributed by atoms with Crippen LogP contribution in [0.25, 0.3) is 16.6 Å². The van der Waals surface area contributed by atoms with E-state index in [1.54, 1.807) is 6.07 Å². The molecule has 0 saturated carbocycles. The molecule has 0 spiro atoms. The Morgan fingerprint density at radius 3 is 2.57 bits per heavy atom. The molecule has 0 aliphatic carbocycles. The van der Waals surface area contributed by atoms with Gasteiger partial charge in [-0.15, -0.1) is 0 Å². The monoisotopic (exact) mass is 339 g/mol. The Bertz CT molecular complexity index is 954. The summed E-state index contributed by atoms with van der Waals surface area (Å²) >= 11 is 5.69. The largest absolute Gasteiger partial charge is 0.431 e. The van der Waals surface area contributed by atoms with Gasteiger partial charge in [0.1, 0.15) is 11.5 Å². The fraction of sp³-hybridized carbons (Fsp3) is 0.0667. The molecule has 0 atom stereocenters. The van der Waals surface area contributed by atoms with E-state index in [0.717, 1.165) is 23.0 Å². The minimum atomic E-state index is -4.68. The van der Waals surface area contributed by atoms with E-state index in [9.17, 15) is 22.8 Å². The minimum absolute atomic E-state index is 0.0161. The molecule has 2 aromatic heterocycles. The fourth-order valence-electron chi connectivity index (χ4n) is 2.37. The Hall–Kier alpha value is -2.59. The van der Waals surface area contributed by atoms with Crippen LogP contribution in [0.5, 0.6) is 0 Å². The molecule has 8 heteroatoms. The number of hydrogen-bond acceptors (Lipinski definition) is 2. The van der Waals surface area contributed by atoms with Crippen LogP contribution in [0, 0.1) is 17.1 Å². The first-order valence-electron chi connectivity index (χ1n) is 6.24. The van der Waals surface area contributed by atoms with Crippen molar-refractivity contribution < 1.29 is 17.6 Å². The van der Waals surface area contributed by atoms with Crippen LogP contribution in [0.15, 0.2) is 36.8 Å². The van der Waals surface area contributed by atoms with Gasteiger partial charge in [-0.3, -0.25) is 4.40 Å². The summed E-state index contributed by atoms with van der Waals surface area (Å²) in [5, 5.41) is 9.36. The molecule has 0 radical (unpaired) electrons. The summed E-state index contributed by atoms with van der Waals surface area (Å²) in [5.41, 5.74) is -1.36. The first kappa shape index (κ1) is 15.3. The molecule has 116 valence electrons. The van der Waals surface area contributed by atoms with E-state index >= 15 is 0 Å². The average Bonchev–Trinajstić information content (AvgIpc) is 2.94. The number of alkyl halides is 3. The van der Waals surface area contributed by atoms with Crippen molar-refractivity contribution in [2.75, 3.05) is 0 Å². The van der Waals surface area contributed by atoms with Gasteiger partial charge in [0.05, 0.1) is 29.7 Å². The van der Waals surface area contributed by atoms with Crippen LogP contribution in [0.3, 0.4) is 0 Å². The van der Waals surface area contributed by atoms with E-state index in [4.69, 9.17) is 11.6 Å². The van der Waals surface area contributed by atoms with Crippen LogP contribution in [-0.2, 0) is 6.18 Å². The zero-order valence-electron chi connectivity index (χ0n) is 11.2. The lowest BCUT2D eigenvalue weighted by molar-refractivity contribution is -0.142. The number of hydrogen-bond donors (Lipinski definition) is 0. The SMILES string of the molecule is N#Cc1cc(C(F)(F)F)n2cncc2c1-c1ccc(Cl)cc1F. The highest BCUT2D eigenvalue weighted by Gasteiger charge is 2.35. The third-order valence-corrected chi connectivity index (χ3v) is 3.55. The number of aromatic nitrogens is 2. The number of pyridine rings is 1. The Balaban J connectivity index is 2.43. The van der Waals surface area contributed by atoms with Gasteiger partial charge in [-0.05, 0) is 24.3 Å². The second kappa shape index (κ2) is 5.25. The maximum Gasteiger partial charge on any atom is 0.431 e. The third-order valence-electron chi connectivity index (χ3n) is 3.32. The number of nitrogens with zero attached hydrogens (tertiary/aromatic N) is 3. The molecule has 2 heterocycles. The van der Waals surface area contributed by atoms with Gasteiger partial charge in [0.2, 0.25) is 0 Å². The van der Waals surface area contributed by atoms with E-state index in [1.807, 2.05) is 0 Å². The summed E-state index contributed by atoms with van der Waals surface area (Å²) in [7, 11) is 0. The number of nitriles is 1. The van der Waals surface area contributed by atoms with Crippen molar-refractivity contribution in [1.29, 1.82) is 5.26 Å². The lowest BCUT2D eigenvalue weighted by atomic mass is 9.99. The summed E-state index contributed by atoms with van der Waals surface area (Å²) in [4.78, 5) is 3.69. The van der Waals surface area contributed by atoms with Crippen LogP contribution in [0.4, 0.5) is 17.6 Å². The molecule has 0 amide bonds. The Morgan fingerprint density at radius 1 is 1.22 bits per heavy atom. The van der Waals surface area contributed by atoms with Gasteiger partial charge < -0.3 is 0 Å². The molecule has 0 N–H and O–H groups in total. The van der Waals surface area contributed by atoms with Gasteiger partial charge in [-0.25, -0.2) is 9.37 Å². The lowest BCUT2D eigenvalue weighted by Gasteiger charge is -2.14. The van der Waals surface area contributed by atoms with Crippen molar-refractivity contribution in [2.24, 2.45) is 0 Å². The second-order valence-electron chi connectivity index (χ2n) is 4.70. The molecule has 23 heavy (non-hydrogen) atoms. The highest BCUT2D eigenvalue weighted by molar-refractivity contribution is 6.30. The summed E-state index contributed by atoms with van der Waals surface area (Å²) in [6.45, 7) is 0. The highest BCUT2D eigenvalue weighted by Crippen LogP contribution is 2.37. The van der Waals surface area contributed by atoms with Gasteiger partial charge in [0, 0.05) is 16.1 Å². The van der Waals surface area contributed by atoms with Crippen LogP contribution >= 0.6 is 11.6 Å². The highest BCUT2D eigenvalue weighted by atomic mass is 35.5. The predicted molar refractivity (Wildman–Crippen MR) is 75.3 cm³/mol. The maximum absolute atomic E-state index is 14.2. The van der Waals surface area contributed by atoms with Gasteiger partial charge in [-0.2, -0.15) is 18.4 Å². The van der Waals surface area contributed by atoms with Crippen LogP contribution in [-0.4, -0.2) is 9.38 Å². The molecule has 3 aromatic rings. The molecular formula is C15H6ClF4N3. The van der Waals surface area contributed by atoms with Crippen LogP contribution in [0.1, 0.15) is 11.3 Å². The summed E-state index contributed by atoms with van der Waals surface area (Å²) < 4.78 is 54.3. The first-order chi connectivity index (χ1) is 10.8. The van der Waals surface area contributed by atoms with E-state index in [-0.39, 0.29) is 27.2 Å². The molecular weight excluding hydrogens is 334 g/mol. The second-order valence-corrected chi connectivity index (χ2v) is 5.14. The maximum atomic E-state index is 14.2. The summed E-state index contributed by atoms with van der Waals surface area (Å²) in [6, 6.07) is 6.11. The van der Waals surface area contributed by atoms with E-state index in [2.05, 4.69) is 4.98 Å². The van der Waals surface area contributed by atoms with Crippen molar-refractivity contribution in [3.05, 3.63) is 58.9 Å². The van der Waals surface area contributed by atoms with Crippen LogP contribution in [0.2, 0.25) is 5.02 Å². The summed E-state index contributed by atoms with van der Waals surface area (Å²) in [5.74, 6) is -0.739. The van der Waals surface area contributed by atoms with E-state index < -0.39 is 17.7 Å². The number of imidazole rings is 1.